The lowest BCUT2D eigenvalue weighted by atomic mass is 10.1. The van der Waals surface area contributed by atoms with E-state index in [1.54, 1.807) is 23.5 Å². The van der Waals surface area contributed by atoms with Crippen molar-refractivity contribution < 1.29 is 4.39 Å². The van der Waals surface area contributed by atoms with Gasteiger partial charge in [0, 0.05) is 26.1 Å². The second-order valence-corrected chi connectivity index (χ2v) is 7.38. The molecule has 0 unspecified atom stereocenters. The van der Waals surface area contributed by atoms with Gasteiger partial charge in [0.2, 0.25) is 0 Å². The fourth-order valence-corrected chi connectivity index (χ4v) is 3.91. The van der Waals surface area contributed by atoms with Crippen LogP contribution in [0, 0.1) is 5.82 Å². The van der Waals surface area contributed by atoms with E-state index >= 15 is 0 Å². The van der Waals surface area contributed by atoms with Gasteiger partial charge in [-0.1, -0.05) is 23.7 Å². The van der Waals surface area contributed by atoms with E-state index in [2.05, 4.69) is 14.9 Å². The van der Waals surface area contributed by atoms with E-state index < -0.39 is 5.82 Å². The molecule has 0 spiro atoms. The Morgan fingerprint density at radius 3 is 3.00 bits per heavy atom. The second-order valence-electron chi connectivity index (χ2n) is 6.03. The standard InChI is InChI=1S/C18H15ClFN3OS/c19-13-8-11(3-4-14(13)20)9-23-6-5-15-12(10-23)18(24)22-17(21-15)16-2-1-7-25-16/h1-4,7-8H,5-6,9-10H2,(H,21,22,24). The molecule has 1 aromatic carbocycles. The van der Waals surface area contributed by atoms with Gasteiger partial charge in [-0.3, -0.25) is 9.69 Å². The molecular formula is C18H15ClFN3OS. The summed E-state index contributed by atoms with van der Waals surface area (Å²) in [4.78, 5) is 23.1. The quantitative estimate of drug-likeness (QED) is 0.756. The highest BCUT2D eigenvalue weighted by molar-refractivity contribution is 7.13. The monoisotopic (exact) mass is 375 g/mol. The number of hydrogen-bond donors (Lipinski definition) is 1. The zero-order chi connectivity index (χ0) is 17.4. The van der Waals surface area contributed by atoms with Crippen molar-refractivity contribution >= 4 is 22.9 Å². The molecule has 1 aliphatic rings. The highest BCUT2D eigenvalue weighted by atomic mass is 35.5. The number of rotatable bonds is 3. The first-order valence-electron chi connectivity index (χ1n) is 7.92. The molecule has 128 valence electrons. The largest absolute Gasteiger partial charge is 0.306 e. The number of halogens is 2. The van der Waals surface area contributed by atoms with E-state index in [1.807, 2.05) is 17.5 Å². The Balaban J connectivity index is 1.57. The molecule has 0 radical (unpaired) electrons. The molecule has 0 saturated carbocycles. The van der Waals surface area contributed by atoms with Crippen LogP contribution in [0.5, 0.6) is 0 Å². The zero-order valence-electron chi connectivity index (χ0n) is 13.3. The summed E-state index contributed by atoms with van der Waals surface area (Å²) >= 11 is 7.40. The molecule has 25 heavy (non-hydrogen) atoms. The predicted molar refractivity (Wildman–Crippen MR) is 97.4 cm³/mol. The van der Waals surface area contributed by atoms with Gasteiger partial charge in [-0.15, -0.1) is 11.3 Å². The molecule has 4 nitrogen and oxygen atoms in total. The van der Waals surface area contributed by atoms with Crippen LogP contribution < -0.4 is 5.56 Å². The number of fused-ring (bicyclic) bond motifs is 1. The van der Waals surface area contributed by atoms with Gasteiger partial charge in [-0.2, -0.15) is 0 Å². The first kappa shape index (κ1) is 16.4. The van der Waals surface area contributed by atoms with Crippen molar-refractivity contribution in [1.29, 1.82) is 0 Å². The number of hydrogen-bond acceptors (Lipinski definition) is 4. The minimum atomic E-state index is -0.420. The Bertz CT molecular complexity index is 971. The number of nitrogens with one attached hydrogen (secondary N) is 1. The fraction of sp³-hybridized carbons (Fsp3) is 0.222. The molecule has 0 bridgehead atoms. The van der Waals surface area contributed by atoms with Gasteiger partial charge in [0.15, 0.2) is 5.82 Å². The van der Waals surface area contributed by atoms with Crippen LogP contribution in [0.2, 0.25) is 5.02 Å². The minimum absolute atomic E-state index is 0.0877. The lowest BCUT2D eigenvalue weighted by molar-refractivity contribution is 0.242. The smallest absolute Gasteiger partial charge is 0.255 e. The van der Waals surface area contributed by atoms with E-state index in [1.165, 1.54) is 6.07 Å². The van der Waals surface area contributed by atoms with Gasteiger partial charge in [0.05, 0.1) is 21.2 Å². The van der Waals surface area contributed by atoms with Crippen molar-refractivity contribution in [3.63, 3.8) is 0 Å². The number of aromatic amines is 1. The average molecular weight is 376 g/mol. The van der Waals surface area contributed by atoms with Crippen LogP contribution in [0.15, 0.2) is 40.5 Å². The molecule has 3 aromatic rings. The van der Waals surface area contributed by atoms with Crippen molar-refractivity contribution in [2.24, 2.45) is 0 Å². The maximum atomic E-state index is 13.3. The Morgan fingerprint density at radius 2 is 2.24 bits per heavy atom. The topological polar surface area (TPSA) is 49.0 Å². The van der Waals surface area contributed by atoms with Crippen LogP contribution in [0.1, 0.15) is 16.8 Å². The van der Waals surface area contributed by atoms with E-state index in [-0.39, 0.29) is 10.6 Å². The molecule has 0 amide bonds. The Hall–Kier alpha value is -2.02. The summed E-state index contributed by atoms with van der Waals surface area (Å²) in [5, 5.41) is 2.08. The molecule has 2 aromatic heterocycles. The minimum Gasteiger partial charge on any atom is -0.306 e. The number of benzene rings is 1. The van der Waals surface area contributed by atoms with Crippen LogP contribution in [0.4, 0.5) is 4.39 Å². The lowest BCUT2D eigenvalue weighted by Gasteiger charge is -2.27. The molecule has 0 aliphatic carbocycles. The van der Waals surface area contributed by atoms with E-state index in [0.717, 1.165) is 22.7 Å². The SMILES string of the molecule is O=c1[nH]c(-c2cccs2)nc2c1CN(Cc1ccc(F)c(Cl)c1)CC2. The van der Waals surface area contributed by atoms with E-state index in [0.29, 0.717) is 30.9 Å². The summed E-state index contributed by atoms with van der Waals surface area (Å²) < 4.78 is 13.3. The van der Waals surface area contributed by atoms with Crippen molar-refractivity contribution in [2.75, 3.05) is 6.54 Å². The van der Waals surface area contributed by atoms with Crippen LogP contribution >= 0.6 is 22.9 Å². The first-order chi connectivity index (χ1) is 12.1. The van der Waals surface area contributed by atoms with Crippen molar-refractivity contribution in [3.8, 4) is 10.7 Å². The number of thiophene rings is 1. The molecule has 1 aliphatic heterocycles. The second kappa shape index (κ2) is 6.71. The van der Waals surface area contributed by atoms with Crippen LogP contribution in [0.3, 0.4) is 0 Å². The van der Waals surface area contributed by atoms with Gasteiger partial charge in [0.1, 0.15) is 5.82 Å². The average Bonchev–Trinajstić information content (AvgIpc) is 3.13. The summed E-state index contributed by atoms with van der Waals surface area (Å²) in [5.74, 6) is 0.216. The summed E-state index contributed by atoms with van der Waals surface area (Å²) in [6.45, 7) is 1.94. The third kappa shape index (κ3) is 3.38. The van der Waals surface area contributed by atoms with Crippen LogP contribution in [-0.4, -0.2) is 21.4 Å². The molecule has 7 heteroatoms. The van der Waals surface area contributed by atoms with Gasteiger partial charge < -0.3 is 4.98 Å². The van der Waals surface area contributed by atoms with Gasteiger partial charge in [-0.25, -0.2) is 9.37 Å². The molecule has 0 atom stereocenters. The van der Waals surface area contributed by atoms with Gasteiger partial charge >= 0.3 is 0 Å². The van der Waals surface area contributed by atoms with E-state index in [4.69, 9.17) is 11.6 Å². The van der Waals surface area contributed by atoms with Crippen LogP contribution in [0.25, 0.3) is 10.7 Å². The molecule has 3 heterocycles. The summed E-state index contributed by atoms with van der Waals surface area (Å²) in [7, 11) is 0. The van der Waals surface area contributed by atoms with Crippen molar-refractivity contribution in [3.05, 3.63) is 73.7 Å². The van der Waals surface area contributed by atoms with Crippen molar-refractivity contribution in [2.45, 2.75) is 19.5 Å². The summed E-state index contributed by atoms with van der Waals surface area (Å²) in [6.07, 6.45) is 0.715. The van der Waals surface area contributed by atoms with E-state index in [9.17, 15) is 9.18 Å². The number of H-pyrrole nitrogens is 1. The lowest BCUT2D eigenvalue weighted by Crippen LogP contribution is -2.35. The molecule has 4 rings (SSSR count). The third-order valence-electron chi connectivity index (χ3n) is 4.29. The first-order valence-corrected chi connectivity index (χ1v) is 9.18. The highest BCUT2D eigenvalue weighted by Gasteiger charge is 2.22. The third-order valence-corrected chi connectivity index (χ3v) is 5.46. The molecule has 0 fully saturated rings. The summed E-state index contributed by atoms with van der Waals surface area (Å²) in [5.41, 5.74) is 2.41. The maximum absolute atomic E-state index is 13.3. The van der Waals surface area contributed by atoms with Crippen molar-refractivity contribution in [1.82, 2.24) is 14.9 Å². The summed E-state index contributed by atoms with van der Waals surface area (Å²) in [6, 6.07) is 8.61. The fourth-order valence-electron chi connectivity index (χ4n) is 3.04. The Labute approximate surface area is 152 Å². The number of aromatic nitrogens is 2. The zero-order valence-corrected chi connectivity index (χ0v) is 14.8. The van der Waals surface area contributed by atoms with Gasteiger partial charge in [0.25, 0.3) is 5.56 Å². The highest BCUT2D eigenvalue weighted by Crippen LogP contribution is 2.23. The molecular weight excluding hydrogens is 361 g/mol. The molecule has 1 N–H and O–H groups in total. The van der Waals surface area contributed by atoms with Gasteiger partial charge in [-0.05, 0) is 29.1 Å². The Morgan fingerprint density at radius 1 is 1.36 bits per heavy atom. The predicted octanol–water partition coefficient (Wildman–Crippen LogP) is 3.85. The van der Waals surface area contributed by atoms with Crippen LogP contribution in [-0.2, 0) is 19.5 Å². The maximum Gasteiger partial charge on any atom is 0.255 e. The molecule has 0 saturated heterocycles. The normalized spacial score (nSPS) is 14.5. The Kier molecular flexibility index (Phi) is 4.41. The number of nitrogens with zero attached hydrogens (tertiary/aromatic N) is 2.